The van der Waals surface area contributed by atoms with Gasteiger partial charge in [0.25, 0.3) is 5.91 Å². The number of benzene rings is 2. The van der Waals surface area contributed by atoms with Gasteiger partial charge in [-0.25, -0.2) is 18.2 Å². The molecule has 164 valence electrons. The van der Waals surface area contributed by atoms with E-state index in [4.69, 9.17) is 9.15 Å². The molecule has 9 heteroatoms. The Morgan fingerprint density at radius 2 is 1.74 bits per heavy atom. The molecule has 0 unspecified atom stereocenters. The summed E-state index contributed by atoms with van der Waals surface area (Å²) in [5.41, 5.74) is -0.855. The van der Waals surface area contributed by atoms with Gasteiger partial charge >= 0.3 is 5.97 Å². The first kappa shape index (κ1) is 22.3. The van der Waals surface area contributed by atoms with Gasteiger partial charge in [0.1, 0.15) is 40.7 Å². The van der Waals surface area contributed by atoms with Gasteiger partial charge in [-0.1, -0.05) is 6.92 Å². The van der Waals surface area contributed by atoms with Crippen LogP contribution in [0.4, 0.5) is 18.9 Å². The van der Waals surface area contributed by atoms with E-state index in [0.29, 0.717) is 35.5 Å². The van der Waals surface area contributed by atoms with Gasteiger partial charge in [-0.15, -0.1) is 0 Å². The molecule has 1 heterocycles. The minimum atomic E-state index is -1.38. The third-order valence-corrected chi connectivity index (χ3v) is 4.20. The van der Waals surface area contributed by atoms with Crippen molar-refractivity contribution in [2.24, 2.45) is 0 Å². The van der Waals surface area contributed by atoms with E-state index >= 15 is 0 Å². The summed E-state index contributed by atoms with van der Waals surface area (Å²) in [7, 11) is 0. The minimum absolute atomic E-state index is 0.130. The van der Waals surface area contributed by atoms with Gasteiger partial charge < -0.3 is 9.15 Å². The zero-order valence-electron chi connectivity index (χ0n) is 17.5. The SMILES string of the molecule is CCc1nc2ccc(N(CC(=O)OC(C)(C)C)C(=O)c3c(F)cc(F)cc3F)cc2o1. The van der Waals surface area contributed by atoms with Crippen LogP contribution in [0.1, 0.15) is 43.9 Å². The quantitative estimate of drug-likeness (QED) is 0.540. The molecule has 3 aromatic rings. The van der Waals surface area contributed by atoms with Gasteiger partial charge in [-0.05, 0) is 32.9 Å². The number of anilines is 1. The van der Waals surface area contributed by atoms with Crippen molar-refractivity contribution in [2.75, 3.05) is 11.4 Å². The Morgan fingerprint density at radius 1 is 1.10 bits per heavy atom. The maximum atomic E-state index is 14.3. The molecule has 6 nitrogen and oxygen atoms in total. The highest BCUT2D eigenvalue weighted by Gasteiger charge is 2.29. The summed E-state index contributed by atoms with van der Waals surface area (Å²) in [5.74, 6) is -5.43. The number of ether oxygens (including phenoxy) is 1. The molecule has 1 amide bonds. The summed E-state index contributed by atoms with van der Waals surface area (Å²) >= 11 is 0. The number of aryl methyl sites for hydroxylation is 1. The van der Waals surface area contributed by atoms with Gasteiger partial charge in [-0.2, -0.15) is 0 Å². The molecule has 0 aliphatic heterocycles. The van der Waals surface area contributed by atoms with Crippen molar-refractivity contribution in [3.8, 4) is 0 Å². The second kappa shape index (κ2) is 8.41. The van der Waals surface area contributed by atoms with Gasteiger partial charge in [0.15, 0.2) is 11.5 Å². The third-order valence-electron chi connectivity index (χ3n) is 4.20. The number of hydrogen-bond donors (Lipinski definition) is 0. The van der Waals surface area contributed by atoms with E-state index in [-0.39, 0.29) is 5.69 Å². The van der Waals surface area contributed by atoms with Crippen LogP contribution in [0.15, 0.2) is 34.7 Å². The van der Waals surface area contributed by atoms with Gasteiger partial charge in [0, 0.05) is 30.3 Å². The predicted molar refractivity (Wildman–Crippen MR) is 107 cm³/mol. The average Bonchev–Trinajstić information content (AvgIpc) is 3.06. The monoisotopic (exact) mass is 434 g/mol. The average molecular weight is 434 g/mol. The molecule has 0 aliphatic rings. The number of halogens is 3. The molecular weight excluding hydrogens is 413 g/mol. The van der Waals surface area contributed by atoms with E-state index in [1.54, 1.807) is 26.8 Å². The van der Waals surface area contributed by atoms with Crippen molar-refractivity contribution in [1.29, 1.82) is 0 Å². The zero-order chi connectivity index (χ0) is 22.9. The summed E-state index contributed by atoms with van der Waals surface area (Å²) in [6.07, 6.45) is 0.538. The number of carbonyl (C=O) groups excluding carboxylic acids is 2. The molecule has 3 rings (SSSR count). The van der Waals surface area contributed by atoms with E-state index in [1.165, 1.54) is 12.1 Å². The van der Waals surface area contributed by atoms with E-state index in [0.717, 1.165) is 4.90 Å². The number of rotatable bonds is 5. The molecule has 0 atom stereocenters. The Kier molecular flexibility index (Phi) is 6.06. The number of nitrogens with zero attached hydrogens (tertiary/aromatic N) is 2. The maximum Gasteiger partial charge on any atom is 0.326 e. The molecule has 1 aromatic heterocycles. The van der Waals surface area contributed by atoms with Gasteiger partial charge in [0.2, 0.25) is 0 Å². The number of oxazole rings is 1. The topological polar surface area (TPSA) is 72.6 Å². The first-order valence-corrected chi connectivity index (χ1v) is 9.56. The lowest BCUT2D eigenvalue weighted by Crippen LogP contribution is -2.39. The lowest BCUT2D eigenvalue weighted by atomic mass is 10.1. The lowest BCUT2D eigenvalue weighted by Gasteiger charge is -2.25. The summed E-state index contributed by atoms with van der Waals surface area (Å²) < 4.78 is 52.7. The normalized spacial score (nSPS) is 11.6. The number of fused-ring (bicyclic) bond motifs is 1. The number of hydrogen-bond acceptors (Lipinski definition) is 5. The molecule has 0 saturated carbocycles. The smallest absolute Gasteiger partial charge is 0.326 e. The van der Waals surface area contributed by atoms with Gasteiger partial charge in [-0.3, -0.25) is 14.5 Å². The molecule has 0 saturated heterocycles. The van der Waals surface area contributed by atoms with E-state index < -0.39 is 47.0 Å². The zero-order valence-corrected chi connectivity index (χ0v) is 17.5. The highest BCUT2D eigenvalue weighted by molar-refractivity contribution is 6.09. The highest BCUT2D eigenvalue weighted by atomic mass is 19.1. The van der Waals surface area contributed by atoms with Crippen LogP contribution < -0.4 is 4.90 Å². The first-order chi connectivity index (χ1) is 14.5. The van der Waals surface area contributed by atoms with Crippen molar-refractivity contribution in [2.45, 2.75) is 39.7 Å². The number of aromatic nitrogens is 1. The molecule has 0 fully saturated rings. The minimum Gasteiger partial charge on any atom is -0.459 e. The molecule has 31 heavy (non-hydrogen) atoms. The number of esters is 1. The largest absolute Gasteiger partial charge is 0.459 e. The van der Waals surface area contributed by atoms with Crippen molar-refractivity contribution < 1.29 is 31.9 Å². The van der Waals surface area contributed by atoms with Gasteiger partial charge in [0.05, 0.1) is 0 Å². The third kappa shape index (κ3) is 5.04. The second-order valence-electron chi connectivity index (χ2n) is 7.84. The fourth-order valence-corrected chi connectivity index (χ4v) is 2.94. The Bertz CT molecular complexity index is 1130. The molecule has 0 spiro atoms. The molecule has 0 bridgehead atoms. The van der Waals surface area contributed by atoms with Crippen LogP contribution in [0.2, 0.25) is 0 Å². The van der Waals surface area contributed by atoms with Crippen LogP contribution >= 0.6 is 0 Å². The van der Waals surface area contributed by atoms with Crippen molar-refractivity contribution in [1.82, 2.24) is 4.98 Å². The summed E-state index contributed by atoms with van der Waals surface area (Å²) in [4.78, 5) is 30.6. The Balaban J connectivity index is 2.06. The standard InChI is InChI=1S/C22H21F3N2O4/c1-5-18-26-16-7-6-13(10-17(16)30-18)27(11-19(28)31-22(2,3)4)21(29)20-14(24)8-12(23)9-15(20)25/h6-10H,5,11H2,1-4H3. The molecule has 0 aliphatic carbocycles. The Labute approximate surface area is 176 Å². The number of amides is 1. The molecule has 2 aromatic carbocycles. The summed E-state index contributed by atoms with van der Waals surface area (Å²) in [6, 6.07) is 5.25. The van der Waals surface area contributed by atoms with E-state index in [9.17, 15) is 22.8 Å². The summed E-state index contributed by atoms with van der Waals surface area (Å²) in [5, 5.41) is 0. The van der Waals surface area contributed by atoms with Crippen LogP contribution in [0.25, 0.3) is 11.1 Å². The fourth-order valence-electron chi connectivity index (χ4n) is 2.94. The van der Waals surface area contributed by atoms with Crippen LogP contribution in [-0.2, 0) is 16.0 Å². The first-order valence-electron chi connectivity index (χ1n) is 9.56. The molecular formula is C22H21F3N2O4. The lowest BCUT2D eigenvalue weighted by molar-refractivity contribution is -0.152. The maximum absolute atomic E-state index is 14.3. The van der Waals surface area contributed by atoms with Crippen LogP contribution in [0.5, 0.6) is 0 Å². The van der Waals surface area contributed by atoms with Crippen LogP contribution in [-0.4, -0.2) is 29.0 Å². The number of carbonyl (C=O) groups is 2. The Morgan fingerprint density at radius 3 is 2.32 bits per heavy atom. The Hall–Kier alpha value is -3.36. The molecule has 0 radical (unpaired) electrons. The van der Waals surface area contributed by atoms with Crippen molar-refractivity contribution in [3.05, 3.63) is 59.2 Å². The molecule has 0 N–H and O–H groups in total. The van der Waals surface area contributed by atoms with E-state index in [1.807, 2.05) is 6.92 Å². The fraction of sp³-hybridized carbons (Fsp3) is 0.318. The van der Waals surface area contributed by atoms with Crippen molar-refractivity contribution in [3.63, 3.8) is 0 Å². The van der Waals surface area contributed by atoms with Crippen LogP contribution in [0.3, 0.4) is 0 Å². The highest BCUT2D eigenvalue weighted by Crippen LogP contribution is 2.26. The second-order valence-corrected chi connectivity index (χ2v) is 7.84. The van der Waals surface area contributed by atoms with Crippen molar-refractivity contribution >= 4 is 28.7 Å². The summed E-state index contributed by atoms with van der Waals surface area (Å²) in [6.45, 7) is 6.15. The van der Waals surface area contributed by atoms with Crippen LogP contribution in [0, 0.1) is 17.5 Å². The van der Waals surface area contributed by atoms with E-state index in [2.05, 4.69) is 4.98 Å². The predicted octanol–water partition coefficient (Wildman–Crippen LogP) is 4.80.